The van der Waals surface area contributed by atoms with Gasteiger partial charge in [-0.2, -0.15) is 13.2 Å². The molecule has 0 amide bonds. The van der Waals surface area contributed by atoms with Crippen LogP contribution in [0.3, 0.4) is 0 Å². The van der Waals surface area contributed by atoms with Crippen LogP contribution in [0.15, 0.2) is 18.5 Å². The molecule has 0 spiro atoms. The number of rotatable bonds is 2. The second-order valence-electron chi connectivity index (χ2n) is 5.68. The van der Waals surface area contributed by atoms with Gasteiger partial charge in [0.25, 0.3) is 0 Å². The maximum absolute atomic E-state index is 12.9. The zero-order chi connectivity index (χ0) is 15.9. The summed E-state index contributed by atoms with van der Waals surface area (Å²) < 4.78 is 40.4. The quantitative estimate of drug-likeness (QED) is 0.928. The Morgan fingerprint density at radius 3 is 2.82 bits per heavy atom. The lowest BCUT2D eigenvalue weighted by molar-refractivity contribution is -0.179. The first-order chi connectivity index (χ1) is 10.4. The van der Waals surface area contributed by atoms with Crippen molar-refractivity contribution in [2.75, 3.05) is 0 Å². The molecule has 1 unspecified atom stereocenters. The number of hydrogen-bond donors (Lipinski definition) is 1. The molecule has 0 fully saturated rings. The van der Waals surface area contributed by atoms with Gasteiger partial charge in [-0.25, -0.2) is 4.98 Å². The van der Waals surface area contributed by atoms with Crippen LogP contribution in [0, 0.1) is 12.8 Å². The third-order valence-corrected chi connectivity index (χ3v) is 4.08. The van der Waals surface area contributed by atoms with Crippen molar-refractivity contribution < 1.29 is 13.2 Å². The molecule has 2 aromatic rings. The van der Waals surface area contributed by atoms with Crippen molar-refractivity contribution >= 4 is 0 Å². The molecule has 2 aromatic heterocycles. The fourth-order valence-electron chi connectivity index (χ4n) is 2.83. The van der Waals surface area contributed by atoms with E-state index in [4.69, 9.17) is 5.73 Å². The fourth-order valence-corrected chi connectivity index (χ4v) is 2.83. The van der Waals surface area contributed by atoms with Crippen LogP contribution in [0.1, 0.15) is 23.4 Å². The monoisotopic (exact) mass is 310 g/mol. The first kappa shape index (κ1) is 15.0. The number of halogens is 3. The molecule has 1 aliphatic rings. The van der Waals surface area contributed by atoms with E-state index in [1.54, 1.807) is 17.0 Å². The molecule has 3 heterocycles. The van der Waals surface area contributed by atoms with Crippen LogP contribution in [0.2, 0.25) is 0 Å². The third kappa shape index (κ3) is 2.72. The van der Waals surface area contributed by atoms with Gasteiger partial charge in [0.15, 0.2) is 0 Å². The van der Waals surface area contributed by atoms with Gasteiger partial charge in [0, 0.05) is 31.9 Å². The number of nitrogens with zero attached hydrogens (tertiary/aromatic N) is 3. The van der Waals surface area contributed by atoms with Gasteiger partial charge in [-0.3, -0.25) is 4.98 Å². The molecule has 7 heteroatoms. The molecule has 0 aliphatic carbocycles. The highest BCUT2D eigenvalue weighted by Crippen LogP contribution is 2.35. The first-order valence-electron chi connectivity index (χ1n) is 7.17. The van der Waals surface area contributed by atoms with Crippen molar-refractivity contribution in [3.05, 3.63) is 35.4 Å². The highest BCUT2D eigenvalue weighted by atomic mass is 19.4. The smallest absolute Gasteiger partial charge is 0.334 e. The van der Waals surface area contributed by atoms with E-state index in [1.807, 2.05) is 13.0 Å². The number of fused-ring (bicyclic) bond motifs is 1. The van der Waals surface area contributed by atoms with E-state index >= 15 is 0 Å². The Morgan fingerprint density at radius 2 is 2.18 bits per heavy atom. The molecule has 22 heavy (non-hydrogen) atoms. The van der Waals surface area contributed by atoms with Crippen LogP contribution >= 0.6 is 0 Å². The number of nitrogens with two attached hydrogens (primary N) is 1. The number of pyridine rings is 1. The summed E-state index contributed by atoms with van der Waals surface area (Å²) >= 11 is 0. The molecule has 3 rings (SSSR count). The van der Waals surface area contributed by atoms with E-state index < -0.39 is 12.1 Å². The van der Waals surface area contributed by atoms with Crippen molar-refractivity contribution in [3.63, 3.8) is 0 Å². The molecule has 118 valence electrons. The summed E-state index contributed by atoms with van der Waals surface area (Å²) in [5, 5.41) is 0. The molecule has 0 saturated heterocycles. The number of aromatic nitrogens is 3. The number of aryl methyl sites for hydroxylation is 2. The standard InChI is InChI=1S/C15H17F3N4/c1-9-4-10(6-19)7-20-14(9)12-8-22-3-2-11(15(16,17)18)5-13(22)21-12/h4,7-8,11H,2-3,5-6,19H2,1H3. The molecule has 2 N–H and O–H groups in total. The van der Waals surface area contributed by atoms with Crippen molar-refractivity contribution in [2.45, 2.75) is 39.0 Å². The molecule has 0 bridgehead atoms. The zero-order valence-corrected chi connectivity index (χ0v) is 12.2. The zero-order valence-electron chi connectivity index (χ0n) is 12.2. The van der Waals surface area contributed by atoms with Gasteiger partial charge in [-0.05, 0) is 24.5 Å². The SMILES string of the molecule is Cc1cc(CN)cnc1-c1cn2c(n1)CC(C(F)(F)F)CC2. The van der Waals surface area contributed by atoms with Crippen LogP contribution in [0.5, 0.6) is 0 Å². The lowest BCUT2D eigenvalue weighted by Crippen LogP contribution is -2.31. The normalized spacial score (nSPS) is 18.3. The minimum absolute atomic E-state index is 0.0660. The van der Waals surface area contributed by atoms with Crippen LogP contribution < -0.4 is 5.73 Å². The second kappa shape index (κ2) is 5.39. The molecule has 1 aliphatic heterocycles. The Kier molecular flexibility index (Phi) is 3.68. The Labute approximate surface area is 126 Å². The van der Waals surface area contributed by atoms with Crippen molar-refractivity contribution in [1.29, 1.82) is 0 Å². The Hall–Kier alpha value is -1.89. The number of hydrogen-bond acceptors (Lipinski definition) is 3. The molecule has 0 saturated carbocycles. The number of imidazole rings is 1. The number of alkyl halides is 3. The fraction of sp³-hybridized carbons (Fsp3) is 0.467. The topological polar surface area (TPSA) is 56.7 Å². The van der Waals surface area contributed by atoms with E-state index in [9.17, 15) is 13.2 Å². The van der Waals surface area contributed by atoms with E-state index in [0.29, 0.717) is 30.3 Å². The summed E-state index contributed by atoms with van der Waals surface area (Å²) in [6, 6.07) is 1.93. The molecular formula is C15H17F3N4. The van der Waals surface area contributed by atoms with Gasteiger partial charge in [-0.15, -0.1) is 0 Å². The lowest BCUT2D eigenvalue weighted by Gasteiger charge is -2.25. The largest absolute Gasteiger partial charge is 0.392 e. The van der Waals surface area contributed by atoms with E-state index in [2.05, 4.69) is 9.97 Å². The minimum atomic E-state index is -4.16. The predicted molar refractivity (Wildman–Crippen MR) is 76.0 cm³/mol. The van der Waals surface area contributed by atoms with E-state index in [-0.39, 0.29) is 12.8 Å². The third-order valence-electron chi connectivity index (χ3n) is 4.08. The maximum atomic E-state index is 12.9. The Morgan fingerprint density at radius 1 is 1.41 bits per heavy atom. The summed E-state index contributed by atoms with van der Waals surface area (Å²) in [4.78, 5) is 8.72. The van der Waals surface area contributed by atoms with Gasteiger partial charge < -0.3 is 10.3 Å². The summed E-state index contributed by atoms with van der Waals surface area (Å²) in [7, 11) is 0. The van der Waals surface area contributed by atoms with Gasteiger partial charge in [-0.1, -0.05) is 6.07 Å². The Bertz CT molecular complexity index is 691. The Balaban J connectivity index is 1.91. The summed E-state index contributed by atoms with van der Waals surface area (Å²) in [5.41, 5.74) is 8.74. The average Bonchev–Trinajstić information content (AvgIpc) is 2.88. The highest BCUT2D eigenvalue weighted by molar-refractivity contribution is 5.58. The summed E-state index contributed by atoms with van der Waals surface area (Å²) in [6.07, 6.45) is -0.652. The maximum Gasteiger partial charge on any atom is 0.392 e. The minimum Gasteiger partial charge on any atom is -0.334 e. The summed E-state index contributed by atoms with van der Waals surface area (Å²) in [6.45, 7) is 2.64. The van der Waals surface area contributed by atoms with Gasteiger partial charge in [0.05, 0.1) is 11.6 Å². The van der Waals surface area contributed by atoms with Crippen molar-refractivity contribution in [1.82, 2.24) is 14.5 Å². The summed E-state index contributed by atoms with van der Waals surface area (Å²) in [5.74, 6) is -0.823. The molecule has 1 atom stereocenters. The van der Waals surface area contributed by atoms with Gasteiger partial charge >= 0.3 is 6.18 Å². The van der Waals surface area contributed by atoms with Gasteiger partial charge in [0.1, 0.15) is 11.5 Å². The van der Waals surface area contributed by atoms with E-state index in [0.717, 1.165) is 11.1 Å². The van der Waals surface area contributed by atoms with E-state index in [1.165, 1.54) is 0 Å². The highest BCUT2D eigenvalue weighted by Gasteiger charge is 2.41. The molecule has 0 aromatic carbocycles. The van der Waals surface area contributed by atoms with Crippen molar-refractivity contribution in [2.24, 2.45) is 11.7 Å². The molecule has 0 radical (unpaired) electrons. The van der Waals surface area contributed by atoms with Crippen LogP contribution in [0.4, 0.5) is 13.2 Å². The lowest BCUT2D eigenvalue weighted by atomic mass is 9.97. The van der Waals surface area contributed by atoms with Crippen LogP contribution in [0.25, 0.3) is 11.4 Å². The van der Waals surface area contributed by atoms with Crippen LogP contribution in [-0.2, 0) is 19.5 Å². The van der Waals surface area contributed by atoms with Crippen LogP contribution in [-0.4, -0.2) is 20.7 Å². The average molecular weight is 310 g/mol. The predicted octanol–water partition coefficient (Wildman–Crippen LogP) is 2.84. The first-order valence-corrected chi connectivity index (χ1v) is 7.17. The van der Waals surface area contributed by atoms with Crippen molar-refractivity contribution in [3.8, 4) is 11.4 Å². The molecular weight excluding hydrogens is 293 g/mol. The van der Waals surface area contributed by atoms with Gasteiger partial charge in [0.2, 0.25) is 0 Å². The molecule has 4 nitrogen and oxygen atoms in total. The second-order valence-corrected chi connectivity index (χ2v) is 5.68.